The normalized spacial score (nSPS) is 12.4. The second kappa shape index (κ2) is 6.37. The van der Waals surface area contributed by atoms with Gasteiger partial charge in [-0.3, -0.25) is 0 Å². The summed E-state index contributed by atoms with van der Waals surface area (Å²) in [5.41, 5.74) is 8.65. The van der Waals surface area contributed by atoms with Crippen molar-refractivity contribution < 1.29 is 0 Å². The molecule has 0 amide bonds. The van der Waals surface area contributed by atoms with Crippen molar-refractivity contribution in [1.29, 1.82) is 0 Å². The zero-order valence-electron chi connectivity index (χ0n) is 11.8. The molecule has 5 nitrogen and oxygen atoms in total. The summed E-state index contributed by atoms with van der Waals surface area (Å²) in [5, 5.41) is 0. The summed E-state index contributed by atoms with van der Waals surface area (Å²) in [6.07, 6.45) is 10.1. The lowest BCUT2D eigenvalue weighted by Crippen LogP contribution is -2.19. The van der Waals surface area contributed by atoms with Crippen LogP contribution < -0.4 is 5.73 Å². The first-order chi connectivity index (χ1) is 10.3. The molecule has 1 atom stereocenters. The Balaban J connectivity index is 1.66. The number of aromatic nitrogens is 4. The van der Waals surface area contributed by atoms with E-state index in [1.54, 1.807) is 6.20 Å². The average molecular weight is 281 g/mol. The first-order valence-electron chi connectivity index (χ1n) is 7.08. The van der Waals surface area contributed by atoms with Gasteiger partial charge in [0.25, 0.3) is 0 Å². The first kappa shape index (κ1) is 13.6. The van der Waals surface area contributed by atoms with Crippen molar-refractivity contribution in [2.45, 2.75) is 25.6 Å². The van der Waals surface area contributed by atoms with E-state index >= 15 is 0 Å². The second-order valence-electron chi connectivity index (χ2n) is 5.11. The van der Waals surface area contributed by atoms with Gasteiger partial charge in [0.05, 0.1) is 24.4 Å². The average Bonchev–Trinajstić information content (AvgIpc) is 3.17. The molecule has 1 aromatic carbocycles. The molecule has 0 fully saturated rings. The van der Waals surface area contributed by atoms with Crippen molar-refractivity contribution in [1.82, 2.24) is 19.1 Å². The van der Waals surface area contributed by atoms with Gasteiger partial charge < -0.3 is 14.9 Å². The van der Waals surface area contributed by atoms with E-state index in [0.717, 1.165) is 25.2 Å². The van der Waals surface area contributed by atoms with E-state index in [2.05, 4.69) is 26.7 Å². The lowest BCUT2D eigenvalue weighted by molar-refractivity contribution is 0.538. The van der Waals surface area contributed by atoms with Crippen LogP contribution in [0.1, 0.15) is 17.3 Å². The van der Waals surface area contributed by atoms with E-state index < -0.39 is 0 Å². The summed E-state index contributed by atoms with van der Waals surface area (Å²) < 4.78 is 4.17. The molecule has 3 rings (SSSR count). The number of hydrogen-bond acceptors (Lipinski definition) is 3. The second-order valence-corrected chi connectivity index (χ2v) is 5.11. The summed E-state index contributed by atoms with van der Waals surface area (Å²) in [4.78, 5) is 8.29. The van der Waals surface area contributed by atoms with Crippen LogP contribution in [0.3, 0.4) is 0 Å². The molecule has 2 heterocycles. The smallest absolute Gasteiger partial charge is 0.0949 e. The van der Waals surface area contributed by atoms with Crippen LogP contribution in [0.15, 0.2) is 61.6 Å². The summed E-state index contributed by atoms with van der Waals surface area (Å²) in [7, 11) is 0. The molecule has 0 aliphatic carbocycles. The third kappa shape index (κ3) is 3.38. The molecule has 0 aliphatic rings. The first-order valence-corrected chi connectivity index (χ1v) is 7.08. The van der Waals surface area contributed by atoms with E-state index in [0.29, 0.717) is 0 Å². The Morgan fingerprint density at radius 3 is 2.67 bits per heavy atom. The molecule has 0 spiro atoms. The number of rotatable bonds is 6. The molecule has 3 aromatic rings. The molecule has 2 N–H and O–H groups in total. The minimum absolute atomic E-state index is 0.0438. The highest BCUT2D eigenvalue weighted by Gasteiger charge is 2.12. The van der Waals surface area contributed by atoms with Crippen LogP contribution in [0.5, 0.6) is 0 Å². The van der Waals surface area contributed by atoms with Crippen molar-refractivity contribution in [2.24, 2.45) is 5.73 Å². The largest absolute Gasteiger partial charge is 0.336 e. The predicted molar refractivity (Wildman–Crippen MR) is 81.5 cm³/mol. The standard InChI is InChI=1S/C16H19N5/c17-15(10-14-4-2-1-3-5-14)16-11-19-13-21(16)9-8-20-7-6-18-12-20/h1-7,11-13,15H,8-10,17H2/t15-/m1/s1. The van der Waals surface area contributed by atoms with Crippen LogP contribution in [0.25, 0.3) is 0 Å². The summed E-state index contributed by atoms with van der Waals surface area (Å²) in [6.45, 7) is 1.70. The molecular weight excluding hydrogens is 262 g/mol. The zero-order chi connectivity index (χ0) is 14.5. The molecule has 0 bridgehead atoms. The maximum Gasteiger partial charge on any atom is 0.0949 e. The third-order valence-corrected chi connectivity index (χ3v) is 3.58. The maximum atomic E-state index is 6.34. The Morgan fingerprint density at radius 2 is 1.90 bits per heavy atom. The van der Waals surface area contributed by atoms with Gasteiger partial charge in [-0.25, -0.2) is 9.97 Å². The minimum atomic E-state index is -0.0438. The lowest BCUT2D eigenvalue weighted by Gasteiger charge is -2.15. The van der Waals surface area contributed by atoms with Crippen LogP contribution in [-0.4, -0.2) is 19.1 Å². The Morgan fingerprint density at radius 1 is 1.05 bits per heavy atom. The van der Waals surface area contributed by atoms with Gasteiger partial charge >= 0.3 is 0 Å². The quantitative estimate of drug-likeness (QED) is 0.752. The van der Waals surface area contributed by atoms with Crippen LogP contribution in [0.2, 0.25) is 0 Å². The molecular formula is C16H19N5. The van der Waals surface area contributed by atoms with E-state index in [9.17, 15) is 0 Å². The van der Waals surface area contributed by atoms with E-state index in [4.69, 9.17) is 5.73 Å². The minimum Gasteiger partial charge on any atom is -0.336 e. The van der Waals surface area contributed by atoms with Crippen molar-refractivity contribution in [3.05, 3.63) is 72.8 Å². The topological polar surface area (TPSA) is 61.7 Å². The van der Waals surface area contributed by atoms with E-state index in [1.165, 1.54) is 5.56 Å². The number of aryl methyl sites for hydroxylation is 2. The van der Waals surface area contributed by atoms with Crippen molar-refractivity contribution in [3.63, 3.8) is 0 Å². The molecule has 0 unspecified atom stereocenters. The molecule has 0 aliphatic heterocycles. The number of benzene rings is 1. The van der Waals surface area contributed by atoms with E-state index in [-0.39, 0.29) is 6.04 Å². The number of imidazole rings is 2. The monoisotopic (exact) mass is 281 g/mol. The Bertz CT molecular complexity index is 657. The SMILES string of the molecule is N[C@H](Cc1ccccc1)c1cncn1CCn1ccnc1. The summed E-state index contributed by atoms with van der Waals surface area (Å²) >= 11 is 0. The Kier molecular flexibility index (Phi) is 4.12. The molecule has 108 valence electrons. The van der Waals surface area contributed by atoms with Crippen molar-refractivity contribution >= 4 is 0 Å². The number of nitrogens with zero attached hydrogens (tertiary/aromatic N) is 4. The molecule has 5 heteroatoms. The fourth-order valence-electron chi connectivity index (χ4n) is 2.44. The maximum absolute atomic E-state index is 6.34. The number of nitrogens with two attached hydrogens (primary N) is 1. The molecule has 0 saturated heterocycles. The molecule has 2 aromatic heterocycles. The molecule has 0 radical (unpaired) electrons. The van der Waals surface area contributed by atoms with Gasteiger partial charge in [-0.2, -0.15) is 0 Å². The highest BCUT2D eigenvalue weighted by Crippen LogP contribution is 2.16. The highest BCUT2D eigenvalue weighted by atomic mass is 15.1. The van der Waals surface area contributed by atoms with Crippen LogP contribution in [0.4, 0.5) is 0 Å². The van der Waals surface area contributed by atoms with Crippen molar-refractivity contribution in [3.8, 4) is 0 Å². The zero-order valence-corrected chi connectivity index (χ0v) is 11.8. The Labute approximate surface area is 124 Å². The fraction of sp³-hybridized carbons (Fsp3) is 0.250. The molecule has 0 saturated carbocycles. The van der Waals surface area contributed by atoms with Gasteiger partial charge in [0.15, 0.2) is 0 Å². The van der Waals surface area contributed by atoms with Gasteiger partial charge in [0, 0.05) is 31.7 Å². The fourth-order valence-corrected chi connectivity index (χ4v) is 2.44. The summed E-state index contributed by atoms with van der Waals surface area (Å²) in [6, 6.07) is 10.3. The van der Waals surface area contributed by atoms with Gasteiger partial charge in [0.2, 0.25) is 0 Å². The van der Waals surface area contributed by atoms with Gasteiger partial charge in [-0.05, 0) is 12.0 Å². The van der Waals surface area contributed by atoms with Gasteiger partial charge in [0.1, 0.15) is 0 Å². The highest BCUT2D eigenvalue weighted by molar-refractivity contribution is 5.18. The predicted octanol–water partition coefficient (Wildman–Crippen LogP) is 2.02. The van der Waals surface area contributed by atoms with E-state index in [1.807, 2.05) is 47.8 Å². The van der Waals surface area contributed by atoms with Crippen molar-refractivity contribution in [2.75, 3.05) is 0 Å². The number of hydrogen-bond donors (Lipinski definition) is 1. The molecule has 21 heavy (non-hydrogen) atoms. The van der Waals surface area contributed by atoms with Crippen LogP contribution >= 0.6 is 0 Å². The lowest BCUT2D eigenvalue weighted by atomic mass is 10.0. The third-order valence-electron chi connectivity index (χ3n) is 3.58. The Hall–Kier alpha value is -2.40. The van der Waals surface area contributed by atoms with Crippen LogP contribution in [-0.2, 0) is 19.5 Å². The summed E-state index contributed by atoms with van der Waals surface area (Å²) in [5.74, 6) is 0. The van der Waals surface area contributed by atoms with Gasteiger partial charge in [-0.15, -0.1) is 0 Å². The van der Waals surface area contributed by atoms with Gasteiger partial charge in [-0.1, -0.05) is 30.3 Å². The van der Waals surface area contributed by atoms with Crippen LogP contribution in [0, 0.1) is 0 Å².